The van der Waals surface area contributed by atoms with Crippen molar-refractivity contribution in [2.45, 2.75) is 33.1 Å². The molecule has 0 bridgehead atoms. The number of aliphatic imine (C=N–C) groups is 1. The van der Waals surface area contributed by atoms with Crippen molar-refractivity contribution in [2.24, 2.45) is 10.9 Å². The lowest BCUT2D eigenvalue weighted by Gasteiger charge is -2.13. The summed E-state index contributed by atoms with van der Waals surface area (Å²) < 4.78 is 16.5. The summed E-state index contributed by atoms with van der Waals surface area (Å²) in [5, 5.41) is 6.70. The first-order chi connectivity index (χ1) is 13.2. The Morgan fingerprint density at radius 2 is 2.18 bits per heavy atom. The molecule has 0 spiro atoms. The van der Waals surface area contributed by atoms with Gasteiger partial charge in [0.15, 0.2) is 5.96 Å². The smallest absolute Gasteiger partial charge is 0.191 e. The zero-order chi connectivity index (χ0) is 19.3. The monoisotopic (exact) mass is 505 g/mol. The van der Waals surface area contributed by atoms with Gasteiger partial charge in [-0.2, -0.15) is 0 Å². The fourth-order valence-electron chi connectivity index (χ4n) is 3.08. The van der Waals surface area contributed by atoms with Gasteiger partial charge in [-0.25, -0.2) is 0 Å². The van der Waals surface area contributed by atoms with E-state index in [-0.39, 0.29) is 24.0 Å². The van der Waals surface area contributed by atoms with Crippen LogP contribution in [0.5, 0.6) is 5.75 Å². The van der Waals surface area contributed by atoms with Crippen LogP contribution in [0, 0.1) is 12.8 Å². The third kappa shape index (κ3) is 9.43. The topological polar surface area (TPSA) is 64.1 Å². The van der Waals surface area contributed by atoms with Crippen molar-refractivity contribution in [1.29, 1.82) is 0 Å². The van der Waals surface area contributed by atoms with Gasteiger partial charge in [-0.05, 0) is 44.7 Å². The van der Waals surface area contributed by atoms with Gasteiger partial charge in [0.05, 0.1) is 20.3 Å². The van der Waals surface area contributed by atoms with Crippen molar-refractivity contribution in [1.82, 2.24) is 10.6 Å². The summed E-state index contributed by atoms with van der Waals surface area (Å²) in [5.74, 6) is 2.37. The fraction of sp³-hybridized carbons (Fsp3) is 0.667. The summed E-state index contributed by atoms with van der Waals surface area (Å²) in [6, 6.07) is 6.28. The molecule has 1 unspecified atom stereocenters. The Bertz CT molecular complexity index is 578. The number of hydrogen-bond donors (Lipinski definition) is 2. The molecule has 1 saturated heterocycles. The number of methoxy groups -OCH3 is 1. The van der Waals surface area contributed by atoms with E-state index in [9.17, 15) is 0 Å². The largest absolute Gasteiger partial charge is 0.496 e. The van der Waals surface area contributed by atoms with Crippen molar-refractivity contribution in [3.8, 4) is 5.75 Å². The molecule has 1 aliphatic heterocycles. The average molecular weight is 505 g/mol. The second-order valence-electron chi connectivity index (χ2n) is 6.91. The minimum atomic E-state index is 0. The van der Waals surface area contributed by atoms with Crippen LogP contribution in [0.15, 0.2) is 23.2 Å². The number of benzene rings is 1. The number of halogens is 1. The summed E-state index contributed by atoms with van der Waals surface area (Å²) in [6.45, 7) is 9.87. The zero-order valence-electron chi connectivity index (χ0n) is 17.5. The molecule has 0 aliphatic carbocycles. The van der Waals surface area contributed by atoms with Crippen LogP contribution in [-0.2, 0) is 15.9 Å². The lowest BCUT2D eigenvalue weighted by molar-refractivity contribution is 0.0893. The normalized spacial score (nSPS) is 16.5. The average Bonchev–Trinajstić information content (AvgIpc) is 3.18. The van der Waals surface area contributed by atoms with Crippen LogP contribution in [0.1, 0.15) is 30.9 Å². The highest BCUT2D eigenvalue weighted by Gasteiger charge is 2.15. The van der Waals surface area contributed by atoms with Crippen molar-refractivity contribution in [2.75, 3.05) is 53.2 Å². The summed E-state index contributed by atoms with van der Waals surface area (Å²) in [5.41, 5.74) is 2.46. The molecule has 0 amide bonds. The van der Waals surface area contributed by atoms with Gasteiger partial charge in [0.1, 0.15) is 5.75 Å². The maximum atomic E-state index is 5.73. The van der Waals surface area contributed by atoms with E-state index < -0.39 is 0 Å². The highest BCUT2D eigenvalue weighted by Crippen LogP contribution is 2.19. The second-order valence-corrected chi connectivity index (χ2v) is 6.91. The lowest BCUT2D eigenvalue weighted by atomic mass is 10.1. The molecule has 6 nitrogen and oxygen atoms in total. The molecule has 1 atom stereocenters. The van der Waals surface area contributed by atoms with Gasteiger partial charge in [-0.15, -0.1) is 24.0 Å². The van der Waals surface area contributed by atoms with Crippen LogP contribution >= 0.6 is 24.0 Å². The Morgan fingerprint density at radius 3 is 2.89 bits per heavy atom. The zero-order valence-corrected chi connectivity index (χ0v) is 19.8. The highest BCUT2D eigenvalue weighted by atomic mass is 127. The van der Waals surface area contributed by atoms with Gasteiger partial charge in [0, 0.05) is 38.8 Å². The van der Waals surface area contributed by atoms with Crippen molar-refractivity contribution >= 4 is 29.9 Å². The summed E-state index contributed by atoms with van der Waals surface area (Å²) in [4.78, 5) is 4.63. The third-order valence-electron chi connectivity index (χ3n) is 4.56. The predicted octanol–water partition coefficient (Wildman–Crippen LogP) is 3.16. The molecule has 1 aromatic carbocycles. The Morgan fingerprint density at radius 1 is 1.32 bits per heavy atom. The van der Waals surface area contributed by atoms with Gasteiger partial charge in [0.2, 0.25) is 0 Å². The van der Waals surface area contributed by atoms with E-state index in [1.165, 1.54) is 11.1 Å². The van der Waals surface area contributed by atoms with Crippen LogP contribution in [0.2, 0.25) is 0 Å². The Kier molecular flexibility index (Phi) is 13.3. The Balaban J connectivity index is 0.00000392. The number of guanidine groups is 1. The van der Waals surface area contributed by atoms with Gasteiger partial charge in [-0.3, -0.25) is 4.99 Å². The quantitative estimate of drug-likeness (QED) is 0.210. The van der Waals surface area contributed by atoms with Crippen molar-refractivity contribution < 1.29 is 14.2 Å². The van der Waals surface area contributed by atoms with Gasteiger partial charge in [0.25, 0.3) is 0 Å². The third-order valence-corrected chi connectivity index (χ3v) is 4.56. The maximum absolute atomic E-state index is 5.73. The first-order valence-corrected chi connectivity index (χ1v) is 10.0. The number of hydrogen-bond acceptors (Lipinski definition) is 4. The molecular weight excluding hydrogens is 469 g/mol. The number of ether oxygens (including phenoxy) is 3. The molecule has 2 rings (SSSR count). The standard InChI is InChI=1S/C21H35N3O3.HI/c1-4-22-21(23-10-5-12-26-15-18-9-13-27-16-18)24-11-8-19-14-17(2)6-7-20(19)25-3;/h6-7,14,18H,4-5,8-13,15-16H2,1-3H3,(H2,22,23,24);1H. The van der Waals surface area contributed by atoms with E-state index in [1.54, 1.807) is 7.11 Å². The van der Waals surface area contributed by atoms with Crippen LogP contribution < -0.4 is 15.4 Å². The lowest BCUT2D eigenvalue weighted by Crippen LogP contribution is -2.38. The fourth-order valence-corrected chi connectivity index (χ4v) is 3.08. The van der Waals surface area contributed by atoms with Crippen LogP contribution in [0.4, 0.5) is 0 Å². The molecule has 2 N–H and O–H groups in total. The van der Waals surface area contributed by atoms with Crippen molar-refractivity contribution in [3.05, 3.63) is 29.3 Å². The molecular formula is C21H36IN3O3. The minimum absolute atomic E-state index is 0. The Labute approximate surface area is 186 Å². The van der Waals surface area contributed by atoms with Crippen LogP contribution in [-0.4, -0.2) is 59.1 Å². The number of rotatable bonds is 11. The highest BCUT2D eigenvalue weighted by molar-refractivity contribution is 14.0. The van der Waals surface area contributed by atoms with Gasteiger partial charge < -0.3 is 24.8 Å². The van der Waals surface area contributed by atoms with Crippen LogP contribution in [0.25, 0.3) is 0 Å². The van der Waals surface area contributed by atoms with Gasteiger partial charge >= 0.3 is 0 Å². The first kappa shape index (κ1) is 25.0. The van der Waals surface area contributed by atoms with E-state index >= 15 is 0 Å². The minimum Gasteiger partial charge on any atom is -0.496 e. The summed E-state index contributed by atoms with van der Waals surface area (Å²) in [7, 11) is 1.72. The summed E-state index contributed by atoms with van der Waals surface area (Å²) >= 11 is 0. The van der Waals surface area contributed by atoms with E-state index in [0.29, 0.717) is 5.92 Å². The van der Waals surface area contributed by atoms with E-state index in [0.717, 1.165) is 77.0 Å². The molecule has 0 aromatic heterocycles. The molecule has 160 valence electrons. The molecule has 1 heterocycles. The maximum Gasteiger partial charge on any atom is 0.191 e. The van der Waals surface area contributed by atoms with E-state index in [4.69, 9.17) is 14.2 Å². The number of nitrogens with one attached hydrogen (secondary N) is 2. The molecule has 1 aliphatic rings. The SMILES string of the molecule is CCNC(=NCCCOCC1CCOC1)NCCc1cc(C)ccc1OC.I. The molecule has 28 heavy (non-hydrogen) atoms. The number of nitrogens with zero attached hydrogens (tertiary/aromatic N) is 1. The molecule has 0 saturated carbocycles. The number of aryl methyl sites for hydroxylation is 1. The van der Waals surface area contributed by atoms with E-state index in [2.05, 4.69) is 41.6 Å². The first-order valence-electron chi connectivity index (χ1n) is 10.0. The summed E-state index contributed by atoms with van der Waals surface area (Å²) in [6.07, 6.45) is 2.94. The Hall–Kier alpha value is -1.06. The van der Waals surface area contributed by atoms with Crippen molar-refractivity contribution in [3.63, 3.8) is 0 Å². The molecule has 7 heteroatoms. The van der Waals surface area contributed by atoms with E-state index in [1.807, 2.05) is 6.07 Å². The molecule has 1 aromatic rings. The predicted molar refractivity (Wildman–Crippen MR) is 125 cm³/mol. The molecule has 1 fully saturated rings. The van der Waals surface area contributed by atoms with Crippen LogP contribution in [0.3, 0.4) is 0 Å². The van der Waals surface area contributed by atoms with Gasteiger partial charge in [-0.1, -0.05) is 17.7 Å². The molecule has 0 radical (unpaired) electrons. The second kappa shape index (κ2) is 14.9.